The van der Waals surface area contributed by atoms with E-state index >= 15 is 0 Å². The van der Waals surface area contributed by atoms with E-state index in [0.717, 1.165) is 42.4 Å². The molecule has 3 rings (SSSR count). The molecular formula is C15H19N3OS. The zero-order valence-corrected chi connectivity index (χ0v) is 12.2. The number of nitrogens with one attached hydrogen (secondary N) is 1. The number of benzene rings is 1. The number of para-hydroxylation sites is 1. The molecule has 0 aliphatic heterocycles. The summed E-state index contributed by atoms with van der Waals surface area (Å²) in [6, 6.07) is 7.94. The number of nitrogens with two attached hydrogens (primary N) is 1. The number of rotatable bonds is 3. The number of aromatic nitrogens is 1. The van der Waals surface area contributed by atoms with Crippen molar-refractivity contribution in [1.82, 2.24) is 4.98 Å². The Morgan fingerprint density at radius 3 is 2.75 bits per heavy atom. The van der Waals surface area contributed by atoms with Crippen LogP contribution < -0.4 is 11.1 Å². The Hall–Kier alpha value is -1.46. The van der Waals surface area contributed by atoms with E-state index in [4.69, 9.17) is 5.73 Å². The Bertz CT molecular complexity index is 569. The maximum absolute atomic E-state index is 12.3. The second-order valence-corrected chi connectivity index (χ2v) is 6.46. The molecule has 1 aliphatic carbocycles. The SMILES string of the molecule is NCC1CCC(C(=O)Nc2nc3ccccc3s2)CC1. The van der Waals surface area contributed by atoms with Gasteiger partial charge in [-0.1, -0.05) is 23.5 Å². The molecule has 3 N–H and O–H groups in total. The third-order valence-corrected chi connectivity index (χ3v) is 5.03. The van der Waals surface area contributed by atoms with Crippen LogP contribution in [-0.4, -0.2) is 17.4 Å². The van der Waals surface area contributed by atoms with Crippen LogP contribution in [0.5, 0.6) is 0 Å². The van der Waals surface area contributed by atoms with E-state index in [-0.39, 0.29) is 11.8 Å². The third-order valence-electron chi connectivity index (χ3n) is 4.07. The Morgan fingerprint density at radius 1 is 1.30 bits per heavy atom. The van der Waals surface area contributed by atoms with Crippen molar-refractivity contribution < 1.29 is 4.79 Å². The fourth-order valence-electron chi connectivity index (χ4n) is 2.79. The molecule has 4 nitrogen and oxygen atoms in total. The van der Waals surface area contributed by atoms with E-state index < -0.39 is 0 Å². The van der Waals surface area contributed by atoms with Gasteiger partial charge in [0.1, 0.15) is 0 Å². The van der Waals surface area contributed by atoms with Gasteiger partial charge in [0.05, 0.1) is 10.2 Å². The van der Waals surface area contributed by atoms with Gasteiger partial charge in [0.25, 0.3) is 0 Å². The molecule has 106 valence electrons. The largest absolute Gasteiger partial charge is 0.330 e. The molecule has 0 radical (unpaired) electrons. The van der Waals surface area contributed by atoms with Gasteiger partial charge in [-0.15, -0.1) is 0 Å². The fourth-order valence-corrected chi connectivity index (χ4v) is 3.66. The highest BCUT2D eigenvalue weighted by molar-refractivity contribution is 7.22. The first kappa shape index (κ1) is 13.5. The van der Waals surface area contributed by atoms with E-state index in [1.165, 1.54) is 11.3 Å². The average molecular weight is 289 g/mol. The lowest BCUT2D eigenvalue weighted by molar-refractivity contribution is -0.121. The molecule has 0 unspecified atom stereocenters. The Morgan fingerprint density at radius 2 is 2.05 bits per heavy atom. The molecule has 1 saturated carbocycles. The van der Waals surface area contributed by atoms with Gasteiger partial charge in [0, 0.05) is 5.92 Å². The molecule has 2 aromatic rings. The molecule has 1 aromatic carbocycles. The number of amides is 1. The first-order chi connectivity index (χ1) is 9.76. The standard InChI is InChI=1S/C15H19N3OS/c16-9-10-5-7-11(8-6-10)14(19)18-15-17-12-3-1-2-4-13(12)20-15/h1-4,10-11H,5-9,16H2,(H,17,18,19). The van der Waals surface area contributed by atoms with Crippen molar-refractivity contribution in [3.63, 3.8) is 0 Å². The molecule has 1 amide bonds. The van der Waals surface area contributed by atoms with Gasteiger partial charge >= 0.3 is 0 Å². The monoisotopic (exact) mass is 289 g/mol. The molecule has 1 aromatic heterocycles. The second-order valence-electron chi connectivity index (χ2n) is 5.43. The Balaban J connectivity index is 1.64. The maximum atomic E-state index is 12.3. The molecule has 1 heterocycles. The lowest BCUT2D eigenvalue weighted by atomic mass is 9.82. The molecule has 1 aliphatic rings. The van der Waals surface area contributed by atoms with Gasteiger partial charge in [0.2, 0.25) is 5.91 Å². The maximum Gasteiger partial charge on any atom is 0.229 e. The van der Waals surface area contributed by atoms with E-state index in [0.29, 0.717) is 11.0 Å². The van der Waals surface area contributed by atoms with Gasteiger partial charge in [-0.2, -0.15) is 0 Å². The van der Waals surface area contributed by atoms with Crippen LogP contribution in [0.1, 0.15) is 25.7 Å². The number of carbonyl (C=O) groups is 1. The summed E-state index contributed by atoms with van der Waals surface area (Å²) < 4.78 is 1.11. The van der Waals surface area contributed by atoms with Gasteiger partial charge in [0.15, 0.2) is 5.13 Å². The van der Waals surface area contributed by atoms with Crippen molar-refractivity contribution >= 4 is 32.6 Å². The minimum absolute atomic E-state index is 0.111. The van der Waals surface area contributed by atoms with E-state index in [2.05, 4.69) is 10.3 Å². The number of nitrogens with zero attached hydrogens (tertiary/aromatic N) is 1. The molecule has 20 heavy (non-hydrogen) atoms. The lowest BCUT2D eigenvalue weighted by Gasteiger charge is -2.26. The predicted molar refractivity (Wildman–Crippen MR) is 82.8 cm³/mol. The Labute approximate surface area is 122 Å². The topological polar surface area (TPSA) is 68.0 Å². The van der Waals surface area contributed by atoms with Crippen LogP contribution in [0.3, 0.4) is 0 Å². The van der Waals surface area contributed by atoms with Crippen LogP contribution in [0.4, 0.5) is 5.13 Å². The predicted octanol–water partition coefficient (Wildman–Crippen LogP) is 3.00. The van der Waals surface area contributed by atoms with Crippen LogP contribution in [0.2, 0.25) is 0 Å². The van der Waals surface area contributed by atoms with Crippen molar-refractivity contribution in [2.24, 2.45) is 17.6 Å². The highest BCUT2D eigenvalue weighted by Gasteiger charge is 2.26. The summed E-state index contributed by atoms with van der Waals surface area (Å²) in [5, 5.41) is 3.68. The second kappa shape index (κ2) is 5.89. The fraction of sp³-hybridized carbons (Fsp3) is 0.467. The number of anilines is 1. The number of hydrogen-bond acceptors (Lipinski definition) is 4. The smallest absolute Gasteiger partial charge is 0.229 e. The van der Waals surface area contributed by atoms with Crippen molar-refractivity contribution in [1.29, 1.82) is 0 Å². The normalized spacial score (nSPS) is 22.9. The third kappa shape index (κ3) is 2.83. The number of thiazole rings is 1. The lowest BCUT2D eigenvalue weighted by Crippen LogP contribution is -2.29. The van der Waals surface area contributed by atoms with Crippen molar-refractivity contribution in [3.05, 3.63) is 24.3 Å². The Kier molecular flexibility index (Phi) is 3.98. The van der Waals surface area contributed by atoms with Gasteiger partial charge < -0.3 is 11.1 Å². The van der Waals surface area contributed by atoms with Crippen LogP contribution in [0, 0.1) is 11.8 Å². The first-order valence-electron chi connectivity index (χ1n) is 7.13. The molecule has 5 heteroatoms. The summed E-state index contributed by atoms with van der Waals surface area (Å²) >= 11 is 1.53. The summed E-state index contributed by atoms with van der Waals surface area (Å²) in [6.45, 7) is 0.742. The molecule has 0 atom stereocenters. The molecule has 0 bridgehead atoms. The molecule has 0 spiro atoms. The first-order valence-corrected chi connectivity index (χ1v) is 7.94. The van der Waals surface area contributed by atoms with Crippen LogP contribution >= 0.6 is 11.3 Å². The number of hydrogen-bond donors (Lipinski definition) is 2. The molecule has 1 fully saturated rings. The average Bonchev–Trinajstić information content (AvgIpc) is 2.89. The van der Waals surface area contributed by atoms with Crippen LogP contribution in [-0.2, 0) is 4.79 Å². The summed E-state index contributed by atoms with van der Waals surface area (Å²) in [4.78, 5) is 16.7. The summed E-state index contributed by atoms with van der Waals surface area (Å²) in [5.74, 6) is 0.825. The van der Waals surface area contributed by atoms with Crippen LogP contribution in [0.25, 0.3) is 10.2 Å². The van der Waals surface area contributed by atoms with Crippen molar-refractivity contribution in [2.75, 3.05) is 11.9 Å². The van der Waals surface area contributed by atoms with Gasteiger partial charge in [-0.3, -0.25) is 4.79 Å². The zero-order valence-electron chi connectivity index (χ0n) is 11.3. The summed E-state index contributed by atoms with van der Waals surface area (Å²) in [7, 11) is 0. The number of fused-ring (bicyclic) bond motifs is 1. The van der Waals surface area contributed by atoms with Crippen molar-refractivity contribution in [2.45, 2.75) is 25.7 Å². The van der Waals surface area contributed by atoms with Crippen LogP contribution in [0.15, 0.2) is 24.3 Å². The highest BCUT2D eigenvalue weighted by Crippen LogP contribution is 2.30. The van der Waals surface area contributed by atoms with E-state index in [1.54, 1.807) is 0 Å². The van der Waals surface area contributed by atoms with E-state index in [9.17, 15) is 4.79 Å². The van der Waals surface area contributed by atoms with Gasteiger partial charge in [-0.25, -0.2) is 4.98 Å². The quantitative estimate of drug-likeness (QED) is 0.912. The molecule has 0 saturated heterocycles. The van der Waals surface area contributed by atoms with Gasteiger partial charge in [-0.05, 0) is 50.3 Å². The van der Waals surface area contributed by atoms with E-state index in [1.807, 2.05) is 24.3 Å². The highest BCUT2D eigenvalue weighted by atomic mass is 32.1. The summed E-state index contributed by atoms with van der Waals surface area (Å²) in [6.07, 6.45) is 4.01. The molecular weight excluding hydrogens is 270 g/mol. The van der Waals surface area contributed by atoms with Crippen molar-refractivity contribution in [3.8, 4) is 0 Å². The number of carbonyl (C=O) groups excluding carboxylic acids is 1. The zero-order chi connectivity index (χ0) is 13.9. The summed E-state index contributed by atoms with van der Waals surface area (Å²) in [5.41, 5.74) is 6.63. The minimum Gasteiger partial charge on any atom is -0.330 e. The minimum atomic E-state index is 0.111.